The predicted octanol–water partition coefficient (Wildman–Crippen LogP) is 1.92. The summed E-state index contributed by atoms with van der Waals surface area (Å²) in [6.07, 6.45) is 5.58. The molecular formula is C15H27N3O2. The number of aromatic nitrogens is 2. The Bertz CT molecular complexity index is 413. The van der Waals surface area contributed by atoms with Gasteiger partial charge in [0.2, 0.25) is 0 Å². The molecule has 114 valence electrons. The molecule has 2 unspecified atom stereocenters. The van der Waals surface area contributed by atoms with Crippen LogP contribution in [0.4, 0.5) is 0 Å². The van der Waals surface area contributed by atoms with E-state index in [1.54, 1.807) is 7.11 Å². The Balaban J connectivity index is 2.02. The number of rotatable bonds is 6. The van der Waals surface area contributed by atoms with Crippen LogP contribution in [-0.2, 0) is 15.9 Å². The van der Waals surface area contributed by atoms with Crippen LogP contribution in [0.5, 0.6) is 0 Å². The maximum Gasteiger partial charge on any atom is 0.0876 e. The van der Waals surface area contributed by atoms with Crippen molar-refractivity contribution in [3.8, 4) is 0 Å². The smallest absolute Gasteiger partial charge is 0.0876 e. The first-order valence-corrected chi connectivity index (χ1v) is 7.54. The van der Waals surface area contributed by atoms with Gasteiger partial charge in [0, 0.05) is 57.9 Å². The molecule has 20 heavy (non-hydrogen) atoms. The fraction of sp³-hybridized carbons (Fsp3) is 0.800. The van der Waals surface area contributed by atoms with Gasteiger partial charge in [-0.1, -0.05) is 6.92 Å². The lowest BCUT2D eigenvalue weighted by Crippen LogP contribution is -2.54. The molecule has 0 radical (unpaired) electrons. The summed E-state index contributed by atoms with van der Waals surface area (Å²) in [5.74, 6) is 0. The van der Waals surface area contributed by atoms with Gasteiger partial charge in [-0.15, -0.1) is 0 Å². The molecule has 2 rings (SSSR count). The fourth-order valence-corrected chi connectivity index (χ4v) is 2.77. The molecule has 5 nitrogen and oxygen atoms in total. The average Bonchev–Trinajstić information content (AvgIpc) is 2.95. The summed E-state index contributed by atoms with van der Waals surface area (Å²) in [5, 5.41) is 4.63. The van der Waals surface area contributed by atoms with Gasteiger partial charge in [-0.2, -0.15) is 5.10 Å². The normalized spacial score (nSPS) is 21.6. The van der Waals surface area contributed by atoms with E-state index in [2.05, 4.69) is 25.0 Å². The molecular weight excluding hydrogens is 254 g/mol. The third-order valence-corrected chi connectivity index (χ3v) is 4.56. The zero-order chi connectivity index (χ0) is 14.6. The Kier molecular flexibility index (Phi) is 5.18. The molecule has 0 aliphatic carbocycles. The van der Waals surface area contributed by atoms with E-state index in [-0.39, 0.29) is 11.6 Å². The molecule has 1 aromatic heterocycles. The highest BCUT2D eigenvalue weighted by molar-refractivity contribution is 5.06. The Hall–Kier alpha value is -0.910. The van der Waals surface area contributed by atoms with Crippen molar-refractivity contribution in [2.45, 2.75) is 57.2 Å². The Labute approximate surface area is 121 Å². The van der Waals surface area contributed by atoms with Gasteiger partial charge in [-0.25, -0.2) is 0 Å². The van der Waals surface area contributed by atoms with E-state index in [1.807, 2.05) is 10.9 Å². The van der Waals surface area contributed by atoms with Crippen LogP contribution < -0.4 is 5.73 Å². The largest absolute Gasteiger partial charge is 0.381 e. The molecule has 5 heteroatoms. The molecule has 2 atom stereocenters. The van der Waals surface area contributed by atoms with Crippen molar-refractivity contribution in [1.82, 2.24) is 9.78 Å². The first-order valence-electron chi connectivity index (χ1n) is 7.54. The number of nitrogens with two attached hydrogens (primary N) is 1. The molecule has 2 N–H and O–H groups in total. The van der Waals surface area contributed by atoms with E-state index in [1.165, 1.54) is 0 Å². The summed E-state index contributed by atoms with van der Waals surface area (Å²) in [6, 6.07) is 2.45. The minimum absolute atomic E-state index is 0.0447. The standard InChI is InChI=1S/C15H27N3O2/c1-4-12(2)18-8-5-13(17-18)11-14(16)15(19-3)6-9-20-10-7-15/h5,8,12,14H,4,6-7,9-11,16H2,1-3H3. The lowest BCUT2D eigenvalue weighted by atomic mass is 9.84. The second-order valence-corrected chi connectivity index (χ2v) is 5.74. The van der Waals surface area contributed by atoms with Gasteiger partial charge in [0.05, 0.1) is 11.3 Å². The summed E-state index contributed by atoms with van der Waals surface area (Å²) in [7, 11) is 1.75. The molecule has 0 bridgehead atoms. The molecule has 1 aliphatic rings. The third kappa shape index (κ3) is 3.22. The molecule has 1 aromatic rings. The number of ether oxygens (including phenoxy) is 2. The van der Waals surface area contributed by atoms with Crippen molar-refractivity contribution in [3.63, 3.8) is 0 Å². The molecule has 0 saturated carbocycles. The van der Waals surface area contributed by atoms with Crippen molar-refractivity contribution >= 4 is 0 Å². The van der Waals surface area contributed by atoms with Crippen LogP contribution in [0.15, 0.2) is 12.3 Å². The number of hydrogen-bond donors (Lipinski definition) is 1. The second-order valence-electron chi connectivity index (χ2n) is 5.74. The molecule has 1 fully saturated rings. The Morgan fingerprint density at radius 2 is 2.20 bits per heavy atom. The van der Waals surface area contributed by atoms with Gasteiger partial charge in [0.25, 0.3) is 0 Å². The van der Waals surface area contributed by atoms with Crippen LogP contribution in [-0.4, -0.2) is 41.7 Å². The van der Waals surface area contributed by atoms with Crippen molar-refractivity contribution in [2.24, 2.45) is 5.73 Å². The summed E-state index contributed by atoms with van der Waals surface area (Å²) < 4.78 is 13.2. The lowest BCUT2D eigenvalue weighted by molar-refractivity contribution is -0.103. The van der Waals surface area contributed by atoms with Crippen molar-refractivity contribution < 1.29 is 9.47 Å². The van der Waals surface area contributed by atoms with Crippen LogP contribution in [0, 0.1) is 0 Å². The molecule has 0 spiro atoms. The van der Waals surface area contributed by atoms with E-state index < -0.39 is 0 Å². The average molecular weight is 281 g/mol. The third-order valence-electron chi connectivity index (χ3n) is 4.56. The highest BCUT2D eigenvalue weighted by atomic mass is 16.5. The van der Waals surface area contributed by atoms with Gasteiger partial charge >= 0.3 is 0 Å². The first-order chi connectivity index (χ1) is 9.61. The quantitative estimate of drug-likeness (QED) is 0.865. The Morgan fingerprint density at radius 1 is 1.50 bits per heavy atom. The zero-order valence-corrected chi connectivity index (χ0v) is 12.8. The summed E-state index contributed by atoms with van der Waals surface area (Å²) in [4.78, 5) is 0. The van der Waals surface area contributed by atoms with E-state index in [0.29, 0.717) is 6.04 Å². The number of nitrogens with zero attached hydrogens (tertiary/aromatic N) is 2. The van der Waals surface area contributed by atoms with Crippen LogP contribution >= 0.6 is 0 Å². The van der Waals surface area contributed by atoms with Crippen molar-refractivity contribution in [2.75, 3.05) is 20.3 Å². The topological polar surface area (TPSA) is 62.3 Å². The van der Waals surface area contributed by atoms with Gasteiger partial charge in [0.1, 0.15) is 0 Å². The molecule has 2 heterocycles. The molecule has 0 aromatic carbocycles. The highest BCUT2D eigenvalue weighted by Crippen LogP contribution is 2.28. The number of hydrogen-bond acceptors (Lipinski definition) is 4. The highest BCUT2D eigenvalue weighted by Gasteiger charge is 2.38. The summed E-state index contributed by atoms with van der Waals surface area (Å²) >= 11 is 0. The Morgan fingerprint density at radius 3 is 2.80 bits per heavy atom. The van der Waals surface area contributed by atoms with Crippen molar-refractivity contribution in [1.29, 1.82) is 0 Å². The predicted molar refractivity (Wildman–Crippen MR) is 78.7 cm³/mol. The second kappa shape index (κ2) is 6.70. The maximum atomic E-state index is 6.41. The van der Waals surface area contributed by atoms with Crippen LogP contribution in [0.3, 0.4) is 0 Å². The molecule has 1 saturated heterocycles. The van der Waals surface area contributed by atoms with E-state index >= 15 is 0 Å². The van der Waals surface area contributed by atoms with Crippen LogP contribution in [0.25, 0.3) is 0 Å². The molecule has 1 aliphatic heterocycles. The van der Waals surface area contributed by atoms with Crippen LogP contribution in [0.1, 0.15) is 44.8 Å². The van der Waals surface area contributed by atoms with E-state index in [4.69, 9.17) is 15.2 Å². The minimum Gasteiger partial charge on any atom is -0.381 e. The van der Waals surface area contributed by atoms with Gasteiger partial charge in [-0.05, 0) is 19.4 Å². The fourth-order valence-electron chi connectivity index (χ4n) is 2.77. The monoisotopic (exact) mass is 281 g/mol. The van der Waals surface area contributed by atoms with E-state index in [0.717, 1.165) is 44.6 Å². The van der Waals surface area contributed by atoms with E-state index in [9.17, 15) is 0 Å². The summed E-state index contributed by atoms with van der Waals surface area (Å²) in [5.41, 5.74) is 7.19. The minimum atomic E-state index is -0.265. The first kappa shape index (κ1) is 15.5. The summed E-state index contributed by atoms with van der Waals surface area (Å²) in [6.45, 7) is 5.79. The SMILES string of the molecule is CCC(C)n1ccc(CC(N)C2(OC)CCOCC2)n1. The van der Waals surface area contributed by atoms with Gasteiger partial charge in [0.15, 0.2) is 0 Å². The lowest BCUT2D eigenvalue weighted by Gasteiger charge is -2.40. The molecule has 0 amide bonds. The van der Waals surface area contributed by atoms with Crippen molar-refractivity contribution in [3.05, 3.63) is 18.0 Å². The number of methoxy groups -OCH3 is 1. The van der Waals surface area contributed by atoms with Gasteiger partial charge in [-0.3, -0.25) is 4.68 Å². The van der Waals surface area contributed by atoms with Gasteiger partial charge < -0.3 is 15.2 Å². The van der Waals surface area contributed by atoms with Crippen LogP contribution in [0.2, 0.25) is 0 Å². The zero-order valence-electron chi connectivity index (χ0n) is 12.8. The maximum absolute atomic E-state index is 6.41.